The van der Waals surface area contributed by atoms with Gasteiger partial charge in [0.15, 0.2) is 5.82 Å². The zero-order valence-corrected chi connectivity index (χ0v) is 13.2. The zero-order valence-electron chi connectivity index (χ0n) is 13.2. The van der Waals surface area contributed by atoms with Gasteiger partial charge in [-0.2, -0.15) is 0 Å². The highest BCUT2D eigenvalue weighted by atomic mass is 16.2. The fraction of sp³-hybridized carbons (Fsp3) is 0.375. The molecule has 0 spiro atoms. The average molecular weight is 313 g/mol. The molecule has 1 heterocycles. The molecule has 2 N–H and O–H groups in total. The fourth-order valence-corrected chi connectivity index (χ4v) is 2.21. The van der Waals surface area contributed by atoms with E-state index in [1.54, 1.807) is 6.20 Å². The van der Waals surface area contributed by atoms with Crippen LogP contribution in [0.4, 0.5) is 11.5 Å². The van der Waals surface area contributed by atoms with E-state index < -0.39 is 0 Å². The predicted octanol–water partition coefficient (Wildman–Crippen LogP) is 1.88. The topological polar surface area (TPSA) is 88.9 Å². The Morgan fingerprint density at radius 2 is 2.04 bits per heavy atom. The number of carbonyl (C=O) groups is 2. The summed E-state index contributed by atoms with van der Waals surface area (Å²) in [5.74, 6) is 0.259. The molecule has 7 heteroatoms. The van der Waals surface area contributed by atoms with Gasteiger partial charge in [-0.3, -0.25) is 9.59 Å². The minimum Gasteiger partial charge on any atom is -0.324 e. The quantitative estimate of drug-likeness (QED) is 0.882. The van der Waals surface area contributed by atoms with E-state index in [1.807, 2.05) is 32.0 Å². The molecule has 1 aromatic carbocycles. The summed E-state index contributed by atoms with van der Waals surface area (Å²) in [6.45, 7) is 3.96. The van der Waals surface area contributed by atoms with Crippen molar-refractivity contribution >= 4 is 23.3 Å². The monoisotopic (exact) mass is 313 g/mol. The van der Waals surface area contributed by atoms with Crippen LogP contribution >= 0.6 is 0 Å². The highest BCUT2D eigenvalue weighted by Gasteiger charge is 2.30. The fourth-order valence-electron chi connectivity index (χ4n) is 2.21. The number of amides is 2. The summed E-state index contributed by atoms with van der Waals surface area (Å²) >= 11 is 0. The van der Waals surface area contributed by atoms with Crippen molar-refractivity contribution in [1.82, 2.24) is 15.0 Å². The molecular formula is C16H19N5O2. The van der Waals surface area contributed by atoms with Gasteiger partial charge in [0.05, 0.1) is 6.20 Å². The van der Waals surface area contributed by atoms with Gasteiger partial charge < -0.3 is 10.6 Å². The van der Waals surface area contributed by atoms with Crippen LogP contribution < -0.4 is 10.6 Å². The molecule has 1 saturated carbocycles. The van der Waals surface area contributed by atoms with Gasteiger partial charge in [0.2, 0.25) is 11.8 Å². The van der Waals surface area contributed by atoms with Crippen LogP contribution in [0.1, 0.15) is 24.0 Å². The number of aromatic nitrogens is 3. The van der Waals surface area contributed by atoms with E-state index in [9.17, 15) is 9.59 Å². The van der Waals surface area contributed by atoms with Crippen LogP contribution in [0.2, 0.25) is 0 Å². The Balaban J connectivity index is 1.58. The number of hydrogen-bond acceptors (Lipinski definition) is 4. The van der Waals surface area contributed by atoms with Gasteiger partial charge >= 0.3 is 0 Å². The summed E-state index contributed by atoms with van der Waals surface area (Å²) in [7, 11) is 0. The molecule has 7 nitrogen and oxygen atoms in total. The van der Waals surface area contributed by atoms with Gasteiger partial charge in [0.1, 0.15) is 6.54 Å². The van der Waals surface area contributed by atoms with E-state index in [0.717, 1.165) is 29.7 Å². The van der Waals surface area contributed by atoms with Crippen molar-refractivity contribution in [1.29, 1.82) is 0 Å². The first kappa shape index (κ1) is 15.2. The molecule has 1 aliphatic carbocycles. The highest BCUT2D eigenvalue weighted by molar-refractivity contribution is 5.93. The molecule has 120 valence electrons. The summed E-state index contributed by atoms with van der Waals surface area (Å²) < 4.78 is 1.41. The van der Waals surface area contributed by atoms with Crippen molar-refractivity contribution in [2.45, 2.75) is 33.2 Å². The van der Waals surface area contributed by atoms with Gasteiger partial charge in [0, 0.05) is 11.6 Å². The normalized spacial score (nSPS) is 13.7. The highest BCUT2D eigenvalue weighted by Crippen LogP contribution is 2.29. The molecule has 2 aromatic rings. The van der Waals surface area contributed by atoms with Gasteiger partial charge in [-0.05, 0) is 43.9 Å². The van der Waals surface area contributed by atoms with E-state index in [2.05, 4.69) is 20.9 Å². The number of hydrogen-bond donors (Lipinski definition) is 2. The van der Waals surface area contributed by atoms with Crippen molar-refractivity contribution < 1.29 is 9.59 Å². The number of nitrogens with one attached hydrogen (secondary N) is 2. The van der Waals surface area contributed by atoms with Crippen LogP contribution in [0.15, 0.2) is 24.4 Å². The van der Waals surface area contributed by atoms with E-state index in [-0.39, 0.29) is 24.3 Å². The Bertz CT molecular complexity index is 749. The van der Waals surface area contributed by atoms with E-state index in [1.165, 1.54) is 4.68 Å². The number of nitrogens with zero attached hydrogens (tertiary/aromatic N) is 3. The lowest BCUT2D eigenvalue weighted by atomic mass is 10.1. The summed E-state index contributed by atoms with van der Waals surface area (Å²) in [6, 6.07) is 5.89. The molecule has 0 saturated heterocycles. The summed E-state index contributed by atoms with van der Waals surface area (Å²) in [5, 5.41) is 13.3. The van der Waals surface area contributed by atoms with Crippen molar-refractivity contribution in [2.75, 3.05) is 10.6 Å². The Morgan fingerprint density at radius 1 is 1.26 bits per heavy atom. The lowest BCUT2D eigenvalue weighted by molar-refractivity contribution is -0.117. The second-order valence-corrected chi connectivity index (χ2v) is 5.93. The minimum absolute atomic E-state index is 0.0307. The van der Waals surface area contributed by atoms with Crippen LogP contribution in [-0.2, 0) is 16.1 Å². The summed E-state index contributed by atoms with van der Waals surface area (Å²) in [6.07, 6.45) is 3.42. The van der Waals surface area contributed by atoms with Crippen LogP contribution in [-0.4, -0.2) is 26.8 Å². The van der Waals surface area contributed by atoms with Crippen molar-refractivity contribution in [3.63, 3.8) is 0 Å². The van der Waals surface area contributed by atoms with E-state index >= 15 is 0 Å². The second kappa shape index (κ2) is 6.20. The first-order valence-electron chi connectivity index (χ1n) is 7.59. The van der Waals surface area contributed by atoms with Crippen LogP contribution in [0.3, 0.4) is 0 Å². The zero-order chi connectivity index (χ0) is 16.4. The van der Waals surface area contributed by atoms with Crippen molar-refractivity contribution in [2.24, 2.45) is 5.92 Å². The van der Waals surface area contributed by atoms with Crippen molar-refractivity contribution in [3.05, 3.63) is 35.5 Å². The molecule has 1 aliphatic rings. The molecule has 0 unspecified atom stereocenters. The van der Waals surface area contributed by atoms with E-state index in [0.29, 0.717) is 5.82 Å². The van der Waals surface area contributed by atoms with Crippen LogP contribution in [0.5, 0.6) is 0 Å². The van der Waals surface area contributed by atoms with Gasteiger partial charge in [-0.25, -0.2) is 4.68 Å². The van der Waals surface area contributed by atoms with Crippen LogP contribution in [0, 0.1) is 19.8 Å². The lowest BCUT2D eigenvalue weighted by Crippen LogP contribution is -2.19. The van der Waals surface area contributed by atoms with Gasteiger partial charge in [-0.1, -0.05) is 17.3 Å². The molecule has 0 bridgehead atoms. The third kappa shape index (κ3) is 3.94. The first-order valence-corrected chi connectivity index (χ1v) is 7.59. The third-order valence-electron chi connectivity index (χ3n) is 3.71. The largest absolute Gasteiger partial charge is 0.324 e. The maximum absolute atomic E-state index is 12.1. The second-order valence-electron chi connectivity index (χ2n) is 5.93. The van der Waals surface area contributed by atoms with Gasteiger partial charge in [0.25, 0.3) is 0 Å². The maximum atomic E-state index is 12.1. The smallest absolute Gasteiger partial charge is 0.246 e. The number of anilines is 2. The molecule has 1 aromatic heterocycles. The number of benzene rings is 1. The minimum atomic E-state index is -0.191. The number of carbonyl (C=O) groups excluding carboxylic acids is 2. The molecule has 0 atom stereocenters. The predicted molar refractivity (Wildman–Crippen MR) is 85.9 cm³/mol. The summed E-state index contributed by atoms with van der Waals surface area (Å²) in [4.78, 5) is 23.8. The molecule has 0 aliphatic heterocycles. The van der Waals surface area contributed by atoms with Gasteiger partial charge in [-0.15, -0.1) is 5.10 Å². The number of rotatable bonds is 5. The molecule has 2 amide bonds. The first-order chi connectivity index (χ1) is 11.0. The van der Waals surface area contributed by atoms with Crippen molar-refractivity contribution in [3.8, 4) is 0 Å². The molecule has 1 fully saturated rings. The average Bonchev–Trinajstić information content (AvgIpc) is 3.26. The Morgan fingerprint density at radius 3 is 2.78 bits per heavy atom. The van der Waals surface area contributed by atoms with E-state index in [4.69, 9.17) is 0 Å². The standard InChI is InChI=1S/C16H19N5O2/c1-10-3-4-11(2)13(7-10)17-15(22)9-21-8-14(19-20-21)18-16(23)12-5-6-12/h3-4,7-8,12H,5-6,9H2,1-2H3,(H,17,22)(H,18,23). The molecular weight excluding hydrogens is 294 g/mol. The Labute approximate surface area is 134 Å². The molecule has 3 rings (SSSR count). The number of aryl methyl sites for hydroxylation is 2. The molecule has 0 radical (unpaired) electrons. The lowest BCUT2D eigenvalue weighted by Gasteiger charge is -2.09. The Kier molecular flexibility index (Phi) is 4.10. The van der Waals surface area contributed by atoms with Crippen LogP contribution in [0.25, 0.3) is 0 Å². The summed E-state index contributed by atoms with van der Waals surface area (Å²) in [5.41, 5.74) is 2.87. The Hall–Kier alpha value is -2.70. The molecule has 23 heavy (non-hydrogen) atoms. The SMILES string of the molecule is Cc1ccc(C)c(NC(=O)Cn2cc(NC(=O)C3CC3)nn2)c1. The maximum Gasteiger partial charge on any atom is 0.246 e. The third-order valence-corrected chi connectivity index (χ3v) is 3.71.